The third-order valence-electron chi connectivity index (χ3n) is 3.60. The van der Waals surface area contributed by atoms with E-state index < -0.39 is 0 Å². The van der Waals surface area contributed by atoms with Crippen LogP contribution in [-0.4, -0.2) is 47.8 Å². The van der Waals surface area contributed by atoms with Crippen molar-refractivity contribution in [3.05, 3.63) is 41.3 Å². The van der Waals surface area contributed by atoms with Crippen LogP contribution in [0.25, 0.3) is 11.5 Å². The fourth-order valence-corrected chi connectivity index (χ4v) is 2.54. The summed E-state index contributed by atoms with van der Waals surface area (Å²) in [6, 6.07) is 1.81. The van der Waals surface area contributed by atoms with Crippen molar-refractivity contribution in [3.63, 3.8) is 0 Å². The van der Waals surface area contributed by atoms with Crippen molar-refractivity contribution in [2.24, 2.45) is 0 Å². The number of H-pyrrole nitrogens is 1. The van der Waals surface area contributed by atoms with E-state index in [0.29, 0.717) is 11.5 Å². The van der Waals surface area contributed by atoms with Gasteiger partial charge >= 0.3 is 0 Å². The molecule has 0 spiro atoms. The summed E-state index contributed by atoms with van der Waals surface area (Å²) in [6.07, 6.45) is 8.24. The molecular formula is C15H20N8O. The van der Waals surface area contributed by atoms with Crippen LogP contribution in [0.1, 0.15) is 26.7 Å². The zero-order valence-electron chi connectivity index (χ0n) is 13.8. The number of rotatable bonds is 7. The highest BCUT2D eigenvalue weighted by Gasteiger charge is 2.13. The van der Waals surface area contributed by atoms with Gasteiger partial charge in [0.05, 0.1) is 18.6 Å². The van der Waals surface area contributed by atoms with Crippen molar-refractivity contribution in [2.75, 3.05) is 18.0 Å². The monoisotopic (exact) mass is 328 g/mol. The fraction of sp³-hybridized carbons (Fsp3) is 0.400. The molecule has 3 rings (SSSR count). The summed E-state index contributed by atoms with van der Waals surface area (Å²) in [5.41, 5.74) is 0.134. The van der Waals surface area contributed by atoms with Crippen molar-refractivity contribution in [1.29, 1.82) is 0 Å². The van der Waals surface area contributed by atoms with E-state index in [2.05, 4.69) is 44.1 Å². The van der Waals surface area contributed by atoms with Crippen LogP contribution >= 0.6 is 0 Å². The summed E-state index contributed by atoms with van der Waals surface area (Å²) in [7, 11) is 0. The Kier molecular flexibility index (Phi) is 4.69. The van der Waals surface area contributed by atoms with E-state index in [0.717, 1.165) is 31.7 Å². The molecule has 9 nitrogen and oxygen atoms in total. The Bertz CT molecular complexity index is 829. The first-order valence-corrected chi connectivity index (χ1v) is 7.99. The third-order valence-corrected chi connectivity index (χ3v) is 3.60. The van der Waals surface area contributed by atoms with Crippen LogP contribution in [0.2, 0.25) is 0 Å². The van der Waals surface area contributed by atoms with E-state index in [-0.39, 0.29) is 5.56 Å². The Balaban J connectivity index is 1.96. The maximum absolute atomic E-state index is 12.6. The molecule has 0 unspecified atom stereocenters. The van der Waals surface area contributed by atoms with Crippen LogP contribution in [-0.2, 0) is 0 Å². The van der Waals surface area contributed by atoms with E-state index >= 15 is 0 Å². The van der Waals surface area contributed by atoms with Crippen LogP contribution in [0.4, 0.5) is 5.82 Å². The lowest BCUT2D eigenvalue weighted by Crippen LogP contribution is -2.26. The van der Waals surface area contributed by atoms with Gasteiger partial charge in [-0.1, -0.05) is 19.1 Å². The molecule has 0 saturated heterocycles. The van der Waals surface area contributed by atoms with E-state index in [1.165, 1.54) is 21.9 Å². The SMILES string of the molecule is CCCN(CCC)c1cc(-n2[nH]cc(-n3ccnn3)c2=O)ncn1. The smallest absolute Gasteiger partial charge is 0.298 e. The lowest BCUT2D eigenvalue weighted by Gasteiger charge is -2.22. The zero-order chi connectivity index (χ0) is 16.9. The van der Waals surface area contributed by atoms with Gasteiger partial charge in [-0.05, 0) is 12.8 Å². The second-order valence-electron chi connectivity index (χ2n) is 5.37. The van der Waals surface area contributed by atoms with Gasteiger partial charge in [-0.25, -0.2) is 14.6 Å². The fourth-order valence-electron chi connectivity index (χ4n) is 2.54. The van der Waals surface area contributed by atoms with Crippen molar-refractivity contribution < 1.29 is 0 Å². The predicted octanol–water partition coefficient (Wildman–Crippen LogP) is 1.16. The molecule has 0 aliphatic heterocycles. The molecule has 9 heteroatoms. The average Bonchev–Trinajstić information content (AvgIpc) is 3.24. The minimum Gasteiger partial charge on any atom is -0.356 e. The van der Waals surface area contributed by atoms with Gasteiger partial charge in [0.1, 0.15) is 12.1 Å². The Morgan fingerprint density at radius 1 is 1.21 bits per heavy atom. The molecular weight excluding hydrogens is 308 g/mol. The third kappa shape index (κ3) is 3.05. The first-order valence-electron chi connectivity index (χ1n) is 7.99. The minimum atomic E-state index is -0.248. The summed E-state index contributed by atoms with van der Waals surface area (Å²) in [5, 5.41) is 10.5. The highest BCUT2D eigenvalue weighted by atomic mass is 16.1. The van der Waals surface area contributed by atoms with E-state index in [4.69, 9.17) is 0 Å². The largest absolute Gasteiger partial charge is 0.356 e. The van der Waals surface area contributed by atoms with Gasteiger partial charge in [0.25, 0.3) is 5.56 Å². The molecule has 0 aliphatic rings. The molecule has 24 heavy (non-hydrogen) atoms. The molecule has 126 valence electrons. The maximum atomic E-state index is 12.6. The van der Waals surface area contributed by atoms with Gasteiger partial charge in [-0.15, -0.1) is 5.10 Å². The lowest BCUT2D eigenvalue weighted by molar-refractivity contribution is 0.727. The van der Waals surface area contributed by atoms with Gasteiger partial charge in [0.15, 0.2) is 11.5 Å². The summed E-state index contributed by atoms with van der Waals surface area (Å²) in [5.74, 6) is 1.31. The number of nitrogens with zero attached hydrogens (tertiary/aromatic N) is 7. The topological polar surface area (TPSA) is 97.5 Å². The Morgan fingerprint density at radius 3 is 2.67 bits per heavy atom. The molecule has 0 aromatic carbocycles. The standard InChI is InChI=1S/C15H20N8O/c1-3-6-21(7-4-2)13-9-14(17-11-16-13)23-15(24)12(10-19-23)22-8-5-18-20-22/h5,8-11,19H,3-4,6-7H2,1-2H3. The number of aromatic amines is 1. The first kappa shape index (κ1) is 15.9. The molecule has 0 aliphatic carbocycles. The quantitative estimate of drug-likeness (QED) is 0.699. The molecule has 3 aromatic rings. The van der Waals surface area contributed by atoms with Gasteiger partial charge < -0.3 is 4.90 Å². The number of anilines is 1. The minimum absolute atomic E-state index is 0.248. The highest BCUT2D eigenvalue weighted by molar-refractivity contribution is 5.43. The van der Waals surface area contributed by atoms with Crippen LogP contribution in [0.3, 0.4) is 0 Å². The van der Waals surface area contributed by atoms with Gasteiger partial charge in [-0.2, -0.15) is 4.68 Å². The normalized spacial score (nSPS) is 10.9. The molecule has 1 N–H and O–H groups in total. The maximum Gasteiger partial charge on any atom is 0.298 e. The molecule has 3 heterocycles. The van der Waals surface area contributed by atoms with Crippen LogP contribution in [0.15, 0.2) is 35.8 Å². The number of nitrogens with one attached hydrogen (secondary N) is 1. The number of hydrogen-bond acceptors (Lipinski definition) is 6. The molecule has 0 bridgehead atoms. The van der Waals surface area contributed by atoms with Gasteiger partial charge in [0, 0.05) is 19.2 Å². The second-order valence-corrected chi connectivity index (χ2v) is 5.37. The molecule has 0 saturated carbocycles. The summed E-state index contributed by atoms with van der Waals surface area (Å²) in [4.78, 5) is 23.3. The zero-order valence-corrected chi connectivity index (χ0v) is 13.8. The van der Waals surface area contributed by atoms with Crippen LogP contribution in [0, 0.1) is 0 Å². The van der Waals surface area contributed by atoms with Gasteiger partial charge in [0.2, 0.25) is 0 Å². The second kappa shape index (κ2) is 7.07. The van der Waals surface area contributed by atoms with Crippen LogP contribution in [0.5, 0.6) is 0 Å². The molecule has 0 amide bonds. The van der Waals surface area contributed by atoms with Crippen molar-refractivity contribution >= 4 is 5.82 Å². The van der Waals surface area contributed by atoms with E-state index in [9.17, 15) is 4.79 Å². The molecule has 3 aromatic heterocycles. The van der Waals surface area contributed by atoms with Gasteiger partial charge in [-0.3, -0.25) is 9.89 Å². The van der Waals surface area contributed by atoms with Crippen molar-refractivity contribution in [2.45, 2.75) is 26.7 Å². The van der Waals surface area contributed by atoms with E-state index in [1.54, 1.807) is 12.4 Å². The van der Waals surface area contributed by atoms with Crippen molar-refractivity contribution in [3.8, 4) is 11.5 Å². The Morgan fingerprint density at radius 2 is 2.00 bits per heavy atom. The number of hydrogen-bond donors (Lipinski definition) is 1. The number of aromatic nitrogens is 7. The summed E-state index contributed by atoms with van der Waals surface area (Å²) < 4.78 is 2.79. The van der Waals surface area contributed by atoms with Crippen LogP contribution < -0.4 is 10.5 Å². The molecule has 0 radical (unpaired) electrons. The highest BCUT2D eigenvalue weighted by Crippen LogP contribution is 2.14. The summed E-state index contributed by atoms with van der Waals surface area (Å²) in [6.45, 7) is 6.08. The Hall–Kier alpha value is -2.97. The molecule has 0 fully saturated rings. The predicted molar refractivity (Wildman–Crippen MR) is 89.7 cm³/mol. The Labute approximate surface area is 138 Å². The average molecular weight is 328 g/mol. The van der Waals surface area contributed by atoms with E-state index in [1.807, 2.05) is 6.07 Å². The van der Waals surface area contributed by atoms with Crippen molar-refractivity contribution in [1.82, 2.24) is 34.7 Å². The summed E-state index contributed by atoms with van der Waals surface area (Å²) >= 11 is 0. The first-order chi connectivity index (χ1) is 11.7. The lowest BCUT2D eigenvalue weighted by atomic mass is 10.3. The molecule has 0 atom stereocenters.